The van der Waals surface area contributed by atoms with Gasteiger partial charge in [0.05, 0.1) is 21.4 Å². The second-order valence-corrected chi connectivity index (χ2v) is 17.0. The molecule has 0 N–H and O–H groups in total. The van der Waals surface area contributed by atoms with Crippen LogP contribution in [0, 0.1) is 0 Å². The number of thiophene rings is 1. The first-order chi connectivity index (χ1) is 30.7. The molecule has 10 aromatic carbocycles. The van der Waals surface area contributed by atoms with Gasteiger partial charge in [-0.1, -0.05) is 170 Å². The van der Waals surface area contributed by atoms with E-state index in [9.17, 15) is 0 Å². The number of fused-ring (bicyclic) bond motifs is 10. The molecule has 4 nitrogen and oxygen atoms in total. The average Bonchev–Trinajstić information content (AvgIpc) is 3.88. The number of nitrogens with zero attached hydrogens (tertiary/aromatic N) is 4. The lowest BCUT2D eigenvalue weighted by Gasteiger charge is -2.17. The summed E-state index contributed by atoms with van der Waals surface area (Å²) in [6.07, 6.45) is 0. The van der Waals surface area contributed by atoms with Gasteiger partial charge in [0.15, 0.2) is 17.5 Å². The van der Waals surface area contributed by atoms with E-state index in [1.54, 1.807) is 0 Å². The number of benzene rings is 10. The average molecular weight is 807 g/mol. The normalized spacial score (nSPS) is 11.9. The molecule has 0 aliphatic carbocycles. The van der Waals surface area contributed by atoms with Crippen molar-refractivity contribution in [2.75, 3.05) is 0 Å². The van der Waals surface area contributed by atoms with E-state index in [0.717, 1.165) is 49.7 Å². The van der Waals surface area contributed by atoms with E-state index in [4.69, 9.17) is 15.0 Å². The van der Waals surface area contributed by atoms with Gasteiger partial charge in [0.1, 0.15) is 0 Å². The van der Waals surface area contributed by atoms with Crippen molar-refractivity contribution in [3.05, 3.63) is 206 Å². The third-order valence-electron chi connectivity index (χ3n) is 12.4. The van der Waals surface area contributed by atoms with Crippen molar-refractivity contribution < 1.29 is 0 Å². The largest absolute Gasteiger partial charge is 0.307 e. The fourth-order valence-corrected chi connectivity index (χ4v) is 10.7. The minimum atomic E-state index is 0.621. The third-order valence-corrected chi connectivity index (χ3v) is 13.6. The summed E-state index contributed by atoms with van der Waals surface area (Å²) in [5, 5.41) is 11.9. The first kappa shape index (κ1) is 34.8. The molecular weight excluding hydrogens is 773 g/mol. The molecule has 0 atom stereocenters. The Hall–Kier alpha value is -7.99. The van der Waals surface area contributed by atoms with Gasteiger partial charge in [0.25, 0.3) is 0 Å². The van der Waals surface area contributed by atoms with Gasteiger partial charge in [-0.15, -0.1) is 11.3 Å². The molecule has 0 unspecified atom stereocenters. The lowest BCUT2D eigenvalue weighted by molar-refractivity contribution is 1.07. The zero-order chi connectivity index (χ0) is 40.7. The highest BCUT2D eigenvalue weighted by Crippen LogP contribution is 2.46. The predicted molar refractivity (Wildman–Crippen MR) is 261 cm³/mol. The second kappa shape index (κ2) is 13.8. The van der Waals surface area contributed by atoms with Crippen molar-refractivity contribution in [1.29, 1.82) is 0 Å². The molecule has 3 heterocycles. The summed E-state index contributed by atoms with van der Waals surface area (Å²) in [7, 11) is 0. The van der Waals surface area contributed by atoms with E-state index < -0.39 is 0 Å². The van der Waals surface area contributed by atoms with E-state index in [0.29, 0.717) is 17.5 Å². The van der Waals surface area contributed by atoms with Gasteiger partial charge in [-0.3, -0.25) is 0 Å². The van der Waals surface area contributed by atoms with Crippen molar-refractivity contribution in [1.82, 2.24) is 19.5 Å². The van der Waals surface area contributed by atoms with E-state index in [1.165, 1.54) is 58.1 Å². The highest BCUT2D eigenvalue weighted by Gasteiger charge is 2.24. The van der Waals surface area contributed by atoms with Gasteiger partial charge in [-0.25, -0.2) is 15.0 Å². The SMILES string of the molecule is c1ccc(-c2ccc(-c3nc(-c4ccc5c(sc6ccccc65)c4-n4c5ccccc5c5cc6ccccc6cc54)nc(-c4cc5ccccc5c5ccccc45)n3)cc2)cc1. The van der Waals surface area contributed by atoms with Crippen LogP contribution in [-0.4, -0.2) is 19.5 Å². The minimum Gasteiger partial charge on any atom is -0.307 e. The number of hydrogen-bond acceptors (Lipinski definition) is 4. The van der Waals surface area contributed by atoms with Crippen LogP contribution in [-0.2, 0) is 0 Å². The number of hydrogen-bond donors (Lipinski definition) is 0. The van der Waals surface area contributed by atoms with Gasteiger partial charge < -0.3 is 4.57 Å². The van der Waals surface area contributed by atoms with Crippen molar-refractivity contribution in [2.24, 2.45) is 0 Å². The van der Waals surface area contributed by atoms with Crippen LogP contribution in [0.1, 0.15) is 0 Å². The van der Waals surface area contributed by atoms with E-state index in [2.05, 4.69) is 205 Å². The van der Waals surface area contributed by atoms with Crippen molar-refractivity contribution >= 4 is 85.6 Å². The third kappa shape index (κ3) is 5.42. The number of aromatic nitrogens is 4. The molecule has 0 aliphatic heterocycles. The molecule has 0 bridgehead atoms. The molecule has 13 rings (SSSR count). The molecule has 0 amide bonds. The van der Waals surface area contributed by atoms with Gasteiger partial charge in [-0.05, 0) is 79.8 Å². The maximum Gasteiger partial charge on any atom is 0.166 e. The molecule has 0 aliphatic rings. The van der Waals surface area contributed by atoms with Gasteiger partial charge in [-0.2, -0.15) is 0 Å². The van der Waals surface area contributed by atoms with Gasteiger partial charge >= 0.3 is 0 Å². The lowest BCUT2D eigenvalue weighted by atomic mass is 9.96. The maximum absolute atomic E-state index is 5.53. The van der Waals surface area contributed by atoms with Crippen LogP contribution < -0.4 is 0 Å². The standard InChI is InChI=1S/C57H34N4S/c1-2-14-35(15-3-1)36-26-28-37(29-27-36)55-58-56(60-57(59-55)49-33-40-18-6-7-19-41(40)42-20-8-9-21-43(42)49)47-31-30-46-45-23-11-13-25-52(45)62-54(46)53(47)61-50-24-12-10-22-44(50)48-32-38-16-4-5-17-39(38)34-51(48)61/h1-34H. The fourth-order valence-electron chi connectivity index (χ4n) is 9.50. The van der Waals surface area contributed by atoms with Crippen LogP contribution in [0.3, 0.4) is 0 Å². The van der Waals surface area contributed by atoms with Crippen LogP contribution in [0.2, 0.25) is 0 Å². The Morgan fingerprint density at radius 3 is 1.71 bits per heavy atom. The second-order valence-electron chi connectivity index (χ2n) is 15.9. The summed E-state index contributed by atoms with van der Waals surface area (Å²) in [5.74, 6) is 1.88. The van der Waals surface area contributed by atoms with Crippen molar-refractivity contribution in [3.8, 4) is 51.0 Å². The quantitative estimate of drug-likeness (QED) is 0.163. The van der Waals surface area contributed by atoms with Crippen molar-refractivity contribution in [2.45, 2.75) is 0 Å². The molecule has 0 saturated carbocycles. The Labute approximate surface area is 360 Å². The molecule has 0 fully saturated rings. The minimum absolute atomic E-state index is 0.621. The summed E-state index contributed by atoms with van der Waals surface area (Å²) in [4.78, 5) is 16.3. The highest BCUT2D eigenvalue weighted by atomic mass is 32.1. The van der Waals surface area contributed by atoms with Crippen LogP contribution in [0.15, 0.2) is 206 Å². The summed E-state index contributed by atoms with van der Waals surface area (Å²) >= 11 is 1.83. The molecule has 62 heavy (non-hydrogen) atoms. The summed E-state index contributed by atoms with van der Waals surface area (Å²) < 4.78 is 4.89. The van der Waals surface area contributed by atoms with Gasteiger partial charge in [0.2, 0.25) is 0 Å². The molecule has 5 heteroatoms. The Balaban J connectivity index is 1.14. The van der Waals surface area contributed by atoms with E-state index >= 15 is 0 Å². The van der Waals surface area contributed by atoms with Crippen molar-refractivity contribution in [3.63, 3.8) is 0 Å². The smallest absolute Gasteiger partial charge is 0.166 e. The fraction of sp³-hybridized carbons (Fsp3) is 0. The molecule has 3 aromatic heterocycles. The first-order valence-corrected chi connectivity index (χ1v) is 21.7. The van der Waals surface area contributed by atoms with Crippen LogP contribution in [0.4, 0.5) is 0 Å². The zero-order valence-electron chi connectivity index (χ0n) is 33.3. The Bertz CT molecular complexity index is 3920. The zero-order valence-corrected chi connectivity index (χ0v) is 34.1. The first-order valence-electron chi connectivity index (χ1n) is 20.9. The Morgan fingerprint density at radius 1 is 0.323 bits per heavy atom. The number of rotatable bonds is 5. The monoisotopic (exact) mass is 806 g/mol. The van der Waals surface area contributed by atoms with Crippen LogP contribution in [0.5, 0.6) is 0 Å². The Kier molecular flexibility index (Phi) is 7.74. The molecular formula is C57H34N4S. The highest BCUT2D eigenvalue weighted by molar-refractivity contribution is 7.26. The maximum atomic E-state index is 5.53. The van der Waals surface area contributed by atoms with Crippen LogP contribution >= 0.6 is 11.3 Å². The summed E-state index contributed by atoms with van der Waals surface area (Å²) in [6, 6.07) is 73.9. The molecule has 13 aromatic rings. The summed E-state index contributed by atoms with van der Waals surface area (Å²) in [6.45, 7) is 0. The molecule has 288 valence electrons. The number of para-hydroxylation sites is 1. The topological polar surface area (TPSA) is 43.6 Å². The lowest BCUT2D eigenvalue weighted by Crippen LogP contribution is -2.04. The van der Waals surface area contributed by atoms with E-state index in [1.807, 2.05) is 17.4 Å². The molecule has 0 saturated heterocycles. The summed E-state index contributed by atoms with van der Waals surface area (Å²) in [5.41, 5.74) is 8.48. The predicted octanol–water partition coefficient (Wildman–Crippen LogP) is 15.5. The van der Waals surface area contributed by atoms with Gasteiger partial charge in [0, 0.05) is 42.9 Å². The molecule has 0 radical (unpaired) electrons. The van der Waals surface area contributed by atoms with Crippen LogP contribution in [0.25, 0.3) is 125 Å². The molecule has 0 spiro atoms. The van der Waals surface area contributed by atoms with E-state index in [-0.39, 0.29) is 0 Å². The Morgan fingerprint density at radius 2 is 0.903 bits per heavy atom.